The molecule has 1 aliphatic carbocycles. The largest absolute Gasteiger partial charge is 0.353 e. The molecular weight excluding hydrogens is 299 g/mol. The van der Waals surface area contributed by atoms with Crippen molar-refractivity contribution in [2.45, 2.75) is 50.9 Å². The van der Waals surface area contributed by atoms with Gasteiger partial charge in [0, 0.05) is 12.6 Å². The molecule has 6 nitrogen and oxygen atoms in total. The molecule has 0 aromatic carbocycles. The van der Waals surface area contributed by atoms with E-state index in [4.69, 9.17) is 0 Å². The molecule has 0 spiro atoms. The van der Waals surface area contributed by atoms with Crippen molar-refractivity contribution in [1.82, 2.24) is 19.8 Å². The first-order chi connectivity index (χ1) is 11.1. The summed E-state index contributed by atoms with van der Waals surface area (Å²) >= 11 is 0. The van der Waals surface area contributed by atoms with Gasteiger partial charge in [0.15, 0.2) is 0 Å². The van der Waals surface area contributed by atoms with Crippen LogP contribution in [0, 0.1) is 5.92 Å². The number of amides is 2. The normalized spacial score (nSPS) is 24.6. The molecule has 1 N–H and O–H groups in total. The number of likely N-dealkylation sites (tertiary alicyclic amines) is 1. The molecule has 1 aromatic heterocycles. The van der Waals surface area contributed by atoms with Gasteiger partial charge in [0.05, 0.1) is 31.0 Å². The second-order valence-corrected chi connectivity index (χ2v) is 6.87. The monoisotopic (exact) mass is 320 g/mol. The molecule has 23 heavy (non-hydrogen) atoms. The predicted molar refractivity (Wildman–Crippen MR) is 80.6 cm³/mol. The summed E-state index contributed by atoms with van der Waals surface area (Å²) in [6.45, 7) is 0.898. The van der Waals surface area contributed by atoms with Crippen LogP contribution in [0.5, 0.6) is 0 Å². The number of carbonyl (C=O) groups is 2. The minimum atomic E-state index is -0.906. The Morgan fingerprint density at radius 2 is 2.00 bits per heavy atom. The summed E-state index contributed by atoms with van der Waals surface area (Å²) in [6.07, 6.45) is 5.49. The van der Waals surface area contributed by atoms with E-state index in [0.717, 1.165) is 25.0 Å². The summed E-state index contributed by atoms with van der Waals surface area (Å²) in [5.41, 5.74) is 1.31. The highest BCUT2D eigenvalue weighted by Crippen LogP contribution is 2.26. The van der Waals surface area contributed by atoms with Gasteiger partial charge in [-0.15, -0.1) is 0 Å². The number of carbonyl (C=O) groups excluding carboxylic acids is 2. The highest BCUT2D eigenvalue weighted by molar-refractivity contribution is 5.94. The fourth-order valence-electron chi connectivity index (χ4n) is 3.47. The molecule has 3 aliphatic rings. The van der Waals surface area contributed by atoms with Gasteiger partial charge in [0.1, 0.15) is 11.9 Å². The lowest BCUT2D eigenvalue weighted by atomic mass is 9.91. The van der Waals surface area contributed by atoms with Crippen LogP contribution in [0.15, 0.2) is 6.33 Å². The molecule has 1 aromatic rings. The number of aromatic nitrogens is 2. The number of nitrogens with one attached hydrogen (secondary N) is 1. The zero-order chi connectivity index (χ0) is 16.0. The number of nitrogens with zero attached hydrogens (tertiary/aromatic N) is 3. The molecule has 3 heterocycles. The summed E-state index contributed by atoms with van der Waals surface area (Å²) < 4.78 is 14.8. The van der Waals surface area contributed by atoms with E-state index in [0.29, 0.717) is 24.7 Å². The zero-order valence-electron chi connectivity index (χ0n) is 13.0. The van der Waals surface area contributed by atoms with Crippen molar-refractivity contribution >= 4 is 11.8 Å². The first-order valence-electron chi connectivity index (χ1n) is 8.39. The van der Waals surface area contributed by atoms with Crippen LogP contribution in [0.2, 0.25) is 0 Å². The molecule has 1 saturated heterocycles. The second-order valence-electron chi connectivity index (χ2n) is 6.87. The molecule has 1 unspecified atom stereocenters. The fraction of sp³-hybridized carbons (Fsp3) is 0.688. The van der Waals surface area contributed by atoms with Crippen LogP contribution in [0.3, 0.4) is 0 Å². The predicted octanol–water partition coefficient (Wildman–Crippen LogP) is 0.908. The van der Waals surface area contributed by atoms with Crippen molar-refractivity contribution in [2.24, 2.45) is 5.92 Å². The third kappa shape index (κ3) is 2.62. The van der Waals surface area contributed by atoms with Gasteiger partial charge in [-0.05, 0) is 32.1 Å². The van der Waals surface area contributed by atoms with Gasteiger partial charge in [-0.25, -0.2) is 9.37 Å². The van der Waals surface area contributed by atoms with Crippen molar-refractivity contribution in [1.29, 1.82) is 0 Å². The van der Waals surface area contributed by atoms with E-state index in [-0.39, 0.29) is 30.8 Å². The summed E-state index contributed by atoms with van der Waals surface area (Å²) in [6, 6.07) is 0.351. The van der Waals surface area contributed by atoms with Crippen molar-refractivity contribution in [3.05, 3.63) is 17.7 Å². The topological polar surface area (TPSA) is 67.2 Å². The van der Waals surface area contributed by atoms with E-state index in [2.05, 4.69) is 10.3 Å². The van der Waals surface area contributed by atoms with Crippen LogP contribution in [0.1, 0.15) is 41.9 Å². The molecule has 4 rings (SSSR count). The van der Waals surface area contributed by atoms with Gasteiger partial charge < -0.3 is 14.8 Å². The standard InChI is InChI=1S/C16H21FN4O2/c17-11-7-20(8-11)16(23)14-13-5-4-10(6-21(13)9-18-14)15(22)19-12-2-1-3-12/h9-12H,1-8H2,(H,19,22). The van der Waals surface area contributed by atoms with E-state index in [9.17, 15) is 14.0 Å². The van der Waals surface area contributed by atoms with Gasteiger partial charge in [0.2, 0.25) is 5.91 Å². The fourth-order valence-corrected chi connectivity index (χ4v) is 3.47. The smallest absolute Gasteiger partial charge is 0.274 e. The van der Waals surface area contributed by atoms with Crippen LogP contribution in [-0.4, -0.2) is 51.6 Å². The van der Waals surface area contributed by atoms with E-state index in [1.807, 2.05) is 4.57 Å². The van der Waals surface area contributed by atoms with Crippen molar-refractivity contribution < 1.29 is 14.0 Å². The quantitative estimate of drug-likeness (QED) is 0.900. The summed E-state index contributed by atoms with van der Waals surface area (Å²) in [5.74, 6) is -0.130. The number of imidazole rings is 1. The van der Waals surface area contributed by atoms with Crippen LogP contribution >= 0.6 is 0 Å². The zero-order valence-corrected chi connectivity index (χ0v) is 13.0. The highest BCUT2D eigenvalue weighted by Gasteiger charge is 2.35. The Bertz CT molecular complexity index is 634. The van der Waals surface area contributed by atoms with Gasteiger partial charge in [-0.2, -0.15) is 0 Å². The maximum absolute atomic E-state index is 12.9. The van der Waals surface area contributed by atoms with Gasteiger partial charge in [0.25, 0.3) is 5.91 Å². The first kappa shape index (κ1) is 14.7. The maximum atomic E-state index is 12.9. The average Bonchev–Trinajstić information content (AvgIpc) is 2.89. The first-order valence-corrected chi connectivity index (χ1v) is 8.39. The molecule has 124 valence electrons. The lowest BCUT2D eigenvalue weighted by Gasteiger charge is -2.34. The Balaban J connectivity index is 1.42. The van der Waals surface area contributed by atoms with E-state index < -0.39 is 6.17 Å². The van der Waals surface area contributed by atoms with Gasteiger partial charge in [-0.3, -0.25) is 9.59 Å². The molecule has 1 saturated carbocycles. The molecule has 0 radical (unpaired) electrons. The summed E-state index contributed by atoms with van der Waals surface area (Å²) in [4.78, 5) is 30.3. The minimum absolute atomic E-state index is 0.0560. The SMILES string of the molecule is O=C(NC1CCC1)C1CCc2c(C(=O)N3CC(F)C3)ncn2C1. The van der Waals surface area contributed by atoms with Crippen molar-refractivity contribution in [3.63, 3.8) is 0 Å². The number of alkyl halides is 1. The molecule has 7 heteroatoms. The van der Waals surface area contributed by atoms with Gasteiger partial charge >= 0.3 is 0 Å². The van der Waals surface area contributed by atoms with E-state index >= 15 is 0 Å². The Hall–Kier alpha value is -1.92. The number of fused-ring (bicyclic) bond motifs is 1. The van der Waals surface area contributed by atoms with Gasteiger partial charge in [-0.1, -0.05) is 0 Å². The molecule has 2 amide bonds. The third-order valence-electron chi connectivity index (χ3n) is 5.24. The van der Waals surface area contributed by atoms with Crippen LogP contribution in [0.25, 0.3) is 0 Å². The van der Waals surface area contributed by atoms with Crippen molar-refractivity contribution in [3.8, 4) is 0 Å². The number of hydrogen-bond donors (Lipinski definition) is 1. The lowest BCUT2D eigenvalue weighted by Crippen LogP contribution is -2.51. The Morgan fingerprint density at radius 3 is 2.65 bits per heavy atom. The Morgan fingerprint density at radius 1 is 1.22 bits per heavy atom. The van der Waals surface area contributed by atoms with Crippen LogP contribution < -0.4 is 5.32 Å². The number of halogens is 1. The summed E-state index contributed by atoms with van der Waals surface area (Å²) in [5, 5.41) is 3.10. The lowest BCUT2D eigenvalue weighted by molar-refractivity contribution is -0.127. The number of hydrogen-bond acceptors (Lipinski definition) is 3. The molecule has 2 aliphatic heterocycles. The van der Waals surface area contributed by atoms with Crippen LogP contribution in [0.4, 0.5) is 4.39 Å². The molecule has 2 fully saturated rings. The number of rotatable bonds is 3. The van der Waals surface area contributed by atoms with Crippen LogP contribution in [-0.2, 0) is 17.8 Å². The molecule has 0 bridgehead atoms. The maximum Gasteiger partial charge on any atom is 0.274 e. The third-order valence-corrected chi connectivity index (χ3v) is 5.24. The highest BCUT2D eigenvalue weighted by atomic mass is 19.1. The minimum Gasteiger partial charge on any atom is -0.353 e. The van der Waals surface area contributed by atoms with E-state index in [1.165, 1.54) is 11.3 Å². The Kier molecular flexibility index (Phi) is 3.58. The second kappa shape index (κ2) is 5.62. The van der Waals surface area contributed by atoms with Crippen molar-refractivity contribution in [2.75, 3.05) is 13.1 Å². The van der Waals surface area contributed by atoms with E-state index in [1.54, 1.807) is 6.33 Å². The molecule has 1 atom stereocenters. The Labute approximate surface area is 134 Å². The molecular formula is C16H21FN4O2. The average molecular weight is 320 g/mol. The summed E-state index contributed by atoms with van der Waals surface area (Å²) in [7, 11) is 0.